The first-order valence-corrected chi connectivity index (χ1v) is 7.94. The van der Waals surface area contributed by atoms with Crippen LogP contribution in [0.4, 0.5) is 4.39 Å². The molecule has 1 aliphatic heterocycles. The second-order valence-corrected chi connectivity index (χ2v) is 6.32. The van der Waals surface area contributed by atoms with E-state index < -0.39 is 0 Å². The van der Waals surface area contributed by atoms with Gasteiger partial charge in [0, 0.05) is 16.7 Å². The first kappa shape index (κ1) is 14.2. The number of aryl methyl sites for hydroxylation is 1. The molecule has 0 spiro atoms. The molecule has 0 saturated heterocycles. The Bertz CT molecular complexity index is 702. The van der Waals surface area contributed by atoms with Crippen molar-refractivity contribution in [3.8, 4) is 0 Å². The molecular formula is C19H17FS. The summed E-state index contributed by atoms with van der Waals surface area (Å²) in [5.74, 6) is 0.0573. The van der Waals surface area contributed by atoms with Gasteiger partial charge in [0.15, 0.2) is 0 Å². The van der Waals surface area contributed by atoms with Crippen LogP contribution < -0.4 is 0 Å². The lowest BCUT2D eigenvalue weighted by atomic mass is 9.87. The third kappa shape index (κ3) is 2.68. The Balaban J connectivity index is 1.94. The van der Waals surface area contributed by atoms with Gasteiger partial charge in [0.05, 0.1) is 0 Å². The predicted octanol–water partition coefficient (Wildman–Crippen LogP) is 5.56. The highest BCUT2D eigenvalue weighted by Crippen LogP contribution is 2.44. The number of halogens is 1. The summed E-state index contributed by atoms with van der Waals surface area (Å²) < 4.78 is 14.0. The van der Waals surface area contributed by atoms with Crippen LogP contribution in [0.1, 0.15) is 22.6 Å². The Kier molecular flexibility index (Phi) is 3.98. The Labute approximate surface area is 129 Å². The largest absolute Gasteiger partial charge is 0.206 e. The lowest BCUT2D eigenvalue weighted by Gasteiger charge is -2.23. The molecule has 106 valence electrons. The lowest BCUT2D eigenvalue weighted by molar-refractivity contribution is 0.623. The summed E-state index contributed by atoms with van der Waals surface area (Å²) in [6.07, 6.45) is 2.20. The molecule has 0 aromatic heterocycles. The van der Waals surface area contributed by atoms with E-state index in [-0.39, 0.29) is 17.0 Å². The fraction of sp³-hybridized carbons (Fsp3) is 0.158. The minimum absolute atomic E-state index is 0.156. The zero-order chi connectivity index (χ0) is 14.8. The van der Waals surface area contributed by atoms with Crippen LogP contribution in [-0.4, -0.2) is 5.25 Å². The highest BCUT2D eigenvalue weighted by Gasteiger charge is 2.29. The fourth-order valence-corrected chi connectivity index (χ4v) is 3.93. The van der Waals surface area contributed by atoms with Gasteiger partial charge in [-0.05, 0) is 35.1 Å². The van der Waals surface area contributed by atoms with Gasteiger partial charge in [0.1, 0.15) is 5.82 Å². The van der Waals surface area contributed by atoms with Gasteiger partial charge in [-0.1, -0.05) is 55.1 Å². The molecule has 0 saturated carbocycles. The molecule has 2 aromatic rings. The molecule has 0 radical (unpaired) electrons. The van der Waals surface area contributed by atoms with Crippen LogP contribution in [0.25, 0.3) is 5.57 Å². The molecule has 0 fully saturated rings. The molecule has 0 aliphatic carbocycles. The van der Waals surface area contributed by atoms with Crippen LogP contribution in [0, 0.1) is 12.7 Å². The summed E-state index contributed by atoms with van der Waals surface area (Å²) in [5, 5.41) is 2.26. The smallest absolute Gasteiger partial charge is 0.130 e. The molecule has 2 unspecified atom stereocenters. The first-order chi connectivity index (χ1) is 10.2. The average Bonchev–Trinajstić information content (AvgIpc) is 2.97. The van der Waals surface area contributed by atoms with Gasteiger partial charge in [0.25, 0.3) is 0 Å². The molecule has 0 amide bonds. The fourth-order valence-electron chi connectivity index (χ4n) is 2.80. The Hall–Kier alpha value is -1.80. The van der Waals surface area contributed by atoms with E-state index in [2.05, 4.69) is 43.2 Å². The molecule has 2 heteroatoms. The molecule has 0 nitrogen and oxygen atoms in total. The van der Waals surface area contributed by atoms with Crippen LogP contribution in [-0.2, 0) is 0 Å². The van der Waals surface area contributed by atoms with E-state index in [0.717, 1.165) is 5.57 Å². The molecule has 0 N–H and O–H groups in total. The van der Waals surface area contributed by atoms with Crippen LogP contribution >= 0.6 is 11.8 Å². The number of thioether (sulfide) groups is 1. The highest BCUT2D eigenvalue weighted by atomic mass is 32.2. The Morgan fingerprint density at radius 2 is 1.81 bits per heavy atom. The van der Waals surface area contributed by atoms with Gasteiger partial charge in [-0.15, -0.1) is 11.8 Å². The molecule has 3 rings (SSSR count). The lowest BCUT2D eigenvalue weighted by Crippen LogP contribution is -2.13. The maximum atomic E-state index is 14.0. The number of rotatable bonds is 3. The molecule has 1 heterocycles. The molecule has 21 heavy (non-hydrogen) atoms. The van der Waals surface area contributed by atoms with Gasteiger partial charge in [-0.25, -0.2) is 4.39 Å². The normalized spacial score (nSPS) is 20.7. The number of hydrogen-bond donors (Lipinski definition) is 0. The Morgan fingerprint density at radius 3 is 2.57 bits per heavy atom. The summed E-state index contributed by atoms with van der Waals surface area (Å²) in [6.45, 7) is 6.29. The van der Waals surface area contributed by atoms with E-state index in [9.17, 15) is 4.39 Å². The highest BCUT2D eigenvalue weighted by molar-refractivity contribution is 8.03. The third-order valence-electron chi connectivity index (χ3n) is 3.95. The van der Waals surface area contributed by atoms with Gasteiger partial charge in [0.2, 0.25) is 0 Å². The van der Waals surface area contributed by atoms with E-state index in [1.807, 2.05) is 18.2 Å². The van der Waals surface area contributed by atoms with E-state index >= 15 is 0 Å². The molecule has 0 bridgehead atoms. The minimum Gasteiger partial charge on any atom is -0.206 e. The summed E-state index contributed by atoms with van der Waals surface area (Å²) in [7, 11) is 0. The third-order valence-corrected chi connectivity index (χ3v) is 5.13. The van der Waals surface area contributed by atoms with Crippen molar-refractivity contribution < 1.29 is 4.39 Å². The molecule has 1 aliphatic rings. The average molecular weight is 296 g/mol. The van der Waals surface area contributed by atoms with Crippen molar-refractivity contribution in [1.29, 1.82) is 0 Å². The van der Waals surface area contributed by atoms with Gasteiger partial charge in [-0.3, -0.25) is 0 Å². The number of allylic oxidation sites excluding steroid dienone is 1. The van der Waals surface area contributed by atoms with Crippen LogP contribution in [0.5, 0.6) is 0 Å². The zero-order valence-corrected chi connectivity index (χ0v) is 12.7. The number of hydrogen-bond acceptors (Lipinski definition) is 1. The maximum absolute atomic E-state index is 14.0. The van der Waals surface area contributed by atoms with Crippen molar-refractivity contribution in [2.45, 2.75) is 18.1 Å². The van der Waals surface area contributed by atoms with Gasteiger partial charge >= 0.3 is 0 Å². The first-order valence-electron chi connectivity index (χ1n) is 7.00. The van der Waals surface area contributed by atoms with Crippen LogP contribution in [0.15, 0.2) is 66.6 Å². The molecule has 2 atom stereocenters. The van der Waals surface area contributed by atoms with E-state index in [4.69, 9.17) is 0 Å². The molecular weight excluding hydrogens is 279 g/mol. The van der Waals surface area contributed by atoms with Gasteiger partial charge < -0.3 is 0 Å². The van der Waals surface area contributed by atoms with E-state index in [0.29, 0.717) is 5.56 Å². The maximum Gasteiger partial charge on any atom is 0.130 e. The summed E-state index contributed by atoms with van der Waals surface area (Å²) >= 11 is 1.72. The monoisotopic (exact) mass is 296 g/mol. The minimum atomic E-state index is -0.196. The second-order valence-electron chi connectivity index (χ2n) is 5.27. The van der Waals surface area contributed by atoms with Crippen molar-refractivity contribution in [1.82, 2.24) is 0 Å². The van der Waals surface area contributed by atoms with E-state index in [1.54, 1.807) is 17.8 Å². The van der Waals surface area contributed by atoms with Crippen molar-refractivity contribution in [2.24, 2.45) is 0 Å². The van der Waals surface area contributed by atoms with Crippen molar-refractivity contribution >= 4 is 17.3 Å². The van der Waals surface area contributed by atoms with E-state index in [1.165, 1.54) is 17.2 Å². The van der Waals surface area contributed by atoms with Crippen molar-refractivity contribution in [3.05, 3.63) is 89.1 Å². The summed E-state index contributed by atoms with van der Waals surface area (Å²) in [4.78, 5) is 0. The SMILES string of the molecule is C=C(c1ccccc1F)C1SC=CC1c1ccccc1C. The summed E-state index contributed by atoms with van der Waals surface area (Å²) in [5.41, 5.74) is 4.04. The van der Waals surface area contributed by atoms with Crippen molar-refractivity contribution in [3.63, 3.8) is 0 Å². The predicted molar refractivity (Wildman–Crippen MR) is 89.9 cm³/mol. The van der Waals surface area contributed by atoms with Crippen LogP contribution in [0.3, 0.4) is 0 Å². The topological polar surface area (TPSA) is 0 Å². The Morgan fingerprint density at radius 1 is 1.10 bits per heavy atom. The zero-order valence-electron chi connectivity index (χ0n) is 11.9. The quantitative estimate of drug-likeness (QED) is 0.714. The molecule has 2 aromatic carbocycles. The summed E-state index contributed by atoms with van der Waals surface area (Å²) in [6, 6.07) is 15.3. The van der Waals surface area contributed by atoms with Gasteiger partial charge in [-0.2, -0.15) is 0 Å². The number of benzene rings is 2. The van der Waals surface area contributed by atoms with Crippen molar-refractivity contribution in [2.75, 3.05) is 0 Å². The second kappa shape index (κ2) is 5.90. The standard InChI is InChI=1S/C19H17FS/c1-13-7-3-4-8-15(13)17-11-12-21-19(17)14(2)16-9-5-6-10-18(16)20/h3-12,17,19H,2H2,1H3. The van der Waals surface area contributed by atoms with Crippen LogP contribution in [0.2, 0.25) is 0 Å².